The van der Waals surface area contributed by atoms with Crippen molar-refractivity contribution in [2.24, 2.45) is 0 Å². The van der Waals surface area contributed by atoms with Crippen molar-refractivity contribution in [3.05, 3.63) is 11.3 Å². The molecule has 0 aromatic heterocycles. The minimum Gasteiger partial charge on any atom is -0.466 e. The molecule has 120 valence electrons. The molecule has 0 radical (unpaired) electrons. The first-order valence-corrected chi connectivity index (χ1v) is 7.53. The number of alkyl halides is 3. The average Bonchev–Trinajstić information content (AvgIpc) is 2.60. The zero-order chi connectivity index (χ0) is 16.0. The average molecular weight is 329 g/mol. The Morgan fingerprint density at radius 2 is 2.00 bits per heavy atom. The lowest BCUT2D eigenvalue weighted by molar-refractivity contribution is -0.137. The van der Waals surface area contributed by atoms with Crippen LogP contribution in [0.15, 0.2) is 11.3 Å². The van der Waals surface area contributed by atoms with Crippen LogP contribution in [0.3, 0.4) is 0 Å². The smallest absolute Gasteiger partial charge is 0.466 e. The van der Waals surface area contributed by atoms with Crippen LogP contribution in [0.1, 0.15) is 19.3 Å². The Morgan fingerprint density at radius 1 is 1.38 bits per heavy atom. The number of esters is 1. The first-order valence-electron chi connectivity index (χ1n) is 6.12. The van der Waals surface area contributed by atoms with Gasteiger partial charge >= 0.3 is 21.6 Å². The fourth-order valence-corrected chi connectivity index (χ4v) is 3.29. The molecule has 2 aliphatic rings. The lowest BCUT2D eigenvalue weighted by atomic mass is 9.99. The van der Waals surface area contributed by atoms with Crippen molar-refractivity contribution in [3.63, 3.8) is 0 Å². The van der Waals surface area contributed by atoms with Gasteiger partial charge < -0.3 is 9.64 Å². The molecule has 0 amide bonds. The van der Waals surface area contributed by atoms with E-state index in [1.54, 1.807) is 11.9 Å². The summed E-state index contributed by atoms with van der Waals surface area (Å²) in [6, 6.07) is -0.151. The Hall–Kier alpha value is -1.29. The highest BCUT2D eigenvalue weighted by Gasteiger charge is 2.51. The molecular weight excluding hydrogens is 315 g/mol. The maximum Gasteiger partial charge on any atom is 0.523 e. The van der Waals surface area contributed by atoms with Gasteiger partial charge in [-0.3, -0.25) is 4.18 Å². The van der Waals surface area contributed by atoms with Gasteiger partial charge in [0.05, 0.1) is 12.7 Å². The number of ether oxygens (including phenoxy) is 1. The van der Waals surface area contributed by atoms with Gasteiger partial charge in [0, 0.05) is 18.8 Å². The van der Waals surface area contributed by atoms with Gasteiger partial charge in [-0.2, -0.15) is 21.6 Å². The molecule has 0 saturated carbocycles. The van der Waals surface area contributed by atoms with E-state index in [0.29, 0.717) is 18.5 Å². The van der Waals surface area contributed by atoms with Gasteiger partial charge in [-0.05, 0) is 19.3 Å². The van der Waals surface area contributed by atoms with Crippen LogP contribution in [0.25, 0.3) is 0 Å². The monoisotopic (exact) mass is 329 g/mol. The second-order valence-electron chi connectivity index (χ2n) is 4.88. The second kappa shape index (κ2) is 5.16. The molecule has 0 aromatic rings. The maximum atomic E-state index is 12.4. The number of allylic oxidation sites excluding steroid dienone is 1. The summed E-state index contributed by atoms with van der Waals surface area (Å²) in [7, 11) is -2.99. The molecule has 2 bridgehead atoms. The van der Waals surface area contributed by atoms with E-state index in [9.17, 15) is 26.4 Å². The van der Waals surface area contributed by atoms with Crippen LogP contribution < -0.4 is 0 Å². The molecule has 0 aliphatic carbocycles. The highest BCUT2D eigenvalue weighted by molar-refractivity contribution is 7.87. The predicted octanol–water partition coefficient (Wildman–Crippen LogP) is 1.15. The number of halogens is 3. The zero-order valence-electron chi connectivity index (χ0n) is 11.3. The lowest BCUT2D eigenvalue weighted by Gasteiger charge is -2.34. The quantitative estimate of drug-likeness (QED) is 0.439. The molecule has 2 atom stereocenters. The van der Waals surface area contributed by atoms with Crippen molar-refractivity contribution in [3.8, 4) is 0 Å². The van der Waals surface area contributed by atoms with E-state index in [1.807, 2.05) is 0 Å². The van der Waals surface area contributed by atoms with Crippen LogP contribution in [0.4, 0.5) is 13.2 Å². The standard InChI is InChI=1S/C11H14F3NO5S/c1-15-6-3-4-7(15)9(10(16)19-2)8(5-6)20-21(17,18)11(12,13)14/h6,8H,3-5H2,1-2H3/t6-,8?/m0/s1. The minimum atomic E-state index is -5.77. The van der Waals surface area contributed by atoms with Gasteiger partial charge in [0.1, 0.15) is 6.10 Å². The summed E-state index contributed by atoms with van der Waals surface area (Å²) in [6.07, 6.45) is -0.391. The van der Waals surface area contributed by atoms with Crippen molar-refractivity contribution >= 4 is 16.1 Å². The topological polar surface area (TPSA) is 72.9 Å². The summed E-state index contributed by atoms with van der Waals surface area (Å²) < 4.78 is 68.4. The maximum absolute atomic E-state index is 12.4. The van der Waals surface area contributed by atoms with Gasteiger partial charge in [0.2, 0.25) is 0 Å². The third kappa shape index (κ3) is 2.73. The summed E-state index contributed by atoms with van der Waals surface area (Å²) in [5, 5.41) is 0. The normalized spacial score (nSPS) is 26.2. The van der Waals surface area contributed by atoms with Crippen LogP contribution in [-0.4, -0.2) is 51.1 Å². The summed E-state index contributed by atoms with van der Waals surface area (Å²) in [4.78, 5) is 13.5. The van der Waals surface area contributed by atoms with Crippen LogP contribution >= 0.6 is 0 Å². The lowest BCUT2D eigenvalue weighted by Crippen LogP contribution is -2.41. The van der Waals surface area contributed by atoms with Crippen molar-refractivity contribution in [1.82, 2.24) is 4.90 Å². The molecular formula is C11H14F3NO5S. The molecule has 1 fully saturated rings. The molecule has 2 rings (SSSR count). The van der Waals surface area contributed by atoms with E-state index >= 15 is 0 Å². The molecule has 2 aliphatic heterocycles. The van der Waals surface area contributed by atoms with Gasteiger partial charge in [-0.15, -0.1) is 0 Å². The molecule has 0 spiro atoms. The summed E-state index contributed by atoms with van der Waals surface area (Å²) in [6.45, 7) is 0. The van der Waals surface area contributed by atoms with Crippen LogP contribution in [-0.2, 0) is 23.8 Å². The minimum absolute atomic E-state index is 0.0141. The first kappa shape index (κ1) is 16.1. The van der Waals surface area contributed by atoms with Crippen LogP contribution in [0.5, 0.6) is 0 Å². The zero-order valence-corrected chi connectivity index (χ0v) is 12.1. The first-order chi connectivity index (χ1) is 9.58. The highest BCUT2D eigenvalue weighted by Crippen LogP contribution is 2.41. The number of fused-ring (bicyclic) bond motifs is 2. The summed E-state index contributed by atoms with van der Waals surface area (Å²) >= 11 is 0. The number of hydrogen-bond donors (Lipinski definition) is 0. The molecule has 6 nitrogen and oxygen atoms in total. The predicted molar refractivity (Wildman–Crippen MR) is 64.3 cm³/mol. The van der Waals surface area contributed by atoms with E-state index in [4.69, 9.17) is 0 Å². The van der Waals surface area contributed by atoms with E-state index in [2.05, 4.69) is 8.92 Å². The van der Waals surface area contributed by atoms with Crippen molar-refractivity contribution in [2.45, 2.75) is 36.9 Å². The molecule has 10 heteroatoms. The van der Waals surface area contributed by atoms with Gasteiger partial charge in [0.15, 0.2) is 0 Å². The largest absolute Gasteiger partial charge is 0.523 e. The van der Waals surface area contributed by atoms with Crippen molar-refractivity contribution < 1.29 is 35.3 Å². The van der Waals surface area contributed by atoms with E-state index in [1.165, 1.54) is 0 Å². The number of hydrogen-bond acceptors (Lipinski definition) is 6. The molecule has 1 saturated heterocycles. The van der Waals surface area contributed by atoms with E-state index in [-0.39, 0.29) is 18.0 Å². The number of rotatable bonds is 3. The molecule has 0 N–H and O–H groups in total. The van der Waals surface area contributed by atoms with Crippen molar-refractivity contribution in [2.75, 3.05) is 14.2 Å². The number of carbonyl (C=O) groups is 1. The highest BCUT2D eigenvalue weighted by atomic mass is 32.2. The third-order valence-corrected chi connectivity index (χ3v) is 4.79. The number of carbonyl (C=O) groups excluding carboxylic acids is 1. The fourth-order valence-electron chi connectivity index (χ4n) is 2.70. The molecule has 2 heterocycles. The van der Waals surface area contributed by atoms with Crippen molar-refractivity contribution in [1.29, 1.82) is 0 Å². The van der Waals surface area contributed by atoms with Gasteiger partial charge in [-0.25, -0.2) is 4.79 Å². The molecule has 0 aromatic carbocycles. The number of methoxy groups -OCH3 is 1. The van der Waals surface area contributed by atoms with Gasteiger partial charge in [0.25, 0.3) is 0 Å². The van der Waals surface area contributed by atoms with E-state index < -0.39 is 27.7 Å². The van der Waals surface area contributed by atoms with E-state index in [0.717, 1.165) is 7.11 Å². The molecule has 1 unspecified atom stereocenters. The Morgan fingerprint density at radius 3 is 2.52 bits per heavy atom. The Bertz CT molecular complexity index is 583. The van der Waals surface area contributed by atoms with Crippen LogP contribution in [0, 0.1) is 0 Å². The Kier molecular flexibility index (Phi) is 3.96. The summed E-state index contributed by atoms with van der Waals surface area (Å²) in [5.41, 5.74) is -5.21. The summed E-state index contributed by atoms with van der Waals surface area (Å²) in [5.74, 6) is -0.875. The SMILES string of the molecule is COC(=O)C1=C2CC[C@@H](CC1OS(=O)(=O)C(F)(F)F)N2C. The fraction of sp³-hybridized carbons (Fsp3) is 0.727. The Labute approximate surface area is 119 Å². The van der Waals surface area contributed by atoms with Gasteiger partial charge in [-0.1, -0.05) is 0 Å². The second-order valence-corrected chi connectivity index (χ2v) is 6.44. The number of nitrogens with zero attached hydrogens (tertiary/aromatic N) is 1. The molecule has 21 heavy (non-hydrogen) atoms. The third-order valence-electron chi connectivity index (χ3n) is 3.74. The van der Waals surface area contributed by atoms with Crippen LogP contribution in [0.2, 0.25) is 0 Å². The Balaban J connectivity index is 2.38.